The highest BCUT2D eigenvalue weighted by Crippen LogP contribution is 2.27. The second kappa shape index (κ2) is 4.02. The minimum atomic E-state index is 1.05. The molecule has 2 aromatic rings. The van der Waals surface area contributed by atoms with Crippen LogP contribution >= 0.6 is 0 Å². The van der Waals surface area contributed by atoms with Crippen molar-refractivity contribution in [1.29, 1.82) is 0 Å². The van der Waals surface area contributed by atoms with E-state index in [4.69, 9.17) is 4.98 Å². The topological polar surface area (TPSA) is 24.9 Å². The van der Waals surface area contributed by atoms with Crippen molar-refractivity contribution >= 4 is 16.7 Å². The summed E-state index contributed by atoms with van der Waals surface area (Å²) in [5, 5.41) is 4.75. The molecule has 17 heavy (non-hydrogen) atoms. The van der Waals surface area contributed by atoms with Crippen molar-refractivity contribution < 1.29 is 0 Å². The van der Waals surface area contributed by atoms with Crippen LogP contribution in [0.2, 0.25) is 0 Å². The van der Waals surface area contributed by atoms with Gasteiger partial charge in [-0.3, -0.25) is 0 Å². The summed E-state index contributed by atoms with van der Waals surface area (Å²) in [4.78, 5) is 4.79. The van der Waals surface area contributed by atoms with Crippen LogP contribution in [0.4, 0.5) is 5.82 Å². The molecule has 0 atom stereocenters. The molecule has 0 spiro atoms. The van der Waals surface area contributed by atoms with Crippen LogP contribution in [0.5, 0.6) is 0 Å². The summed E-state index contributed by atoms with van der Waals surface area (Å²) in [6.45, 7) is 5.36. The van der Waals surface area contributed by atoms with Crippen molar-refractivity contribution in [3.63, 3.8) is 0 Å². The molecule has 1 aliphatic rings. The van der Waals surface area contributed by atoms with E-state index in [2.05, 4.69) is 37.4 Å². The smallest absolute Gasteiger partial charge is 0.129 e. The number of hydrogen-bond donors (Lipinski definition) is 1. The molecular formula is C15H18N2. The predicted molar refractivity (Wildman–Crippen MR) is 72.6 cm³/mol. The van der Waals surface area contributed by atoms with Gasteiger partial charge in [-0.1, -0.05) is 6.07 Å². The van der Waals surface area contributed by atoms with Gasteiger partial charge in [-0.15, -0.1) is 0 Å². The number of hydrogen-bond acceptors (Lipinski definition) is 2. The lowest BCUT2D eigenvalue weighted by Crippen LogP contribution is -2.02. The average molecular weight is 226 g/mol. The first-order valence-corrected chi connectivity index (χ1v) is 6.39. The van der Waals surface area contributed by atoms with Crippen LogP contribution in [0.15, 0.2) is 18.2 Å². The van der Waals surface area contributed by atoms with Crippen LogP contribution in [0.1, 0.15) is 29.5 Å². The number of nitrogens with zero attached hydrogens (tertiary/aromatic N) is 1. The van der Waals surface area contributed by atoms with E-state index in [1.54, 1.807) is 0 Å². The number of nitrogens with one attached hydrogen (secondary N) is 1. The Morgan fingerprint density at radius 2 is 2.00 bits per heavy atom. The minimum Gasteiger partial charge on any atom is -0.370 e. The number of pyridine rings is 1. The van der Waals surface area contributed by atoms with Gasteiger partial charge >= 0.3 is 0 Å². The van der Waals surface area contributed by atoms with Crippen molar-refractivity contribution in [3.8, 4) is 0 Å². The van der Waals surface area contributed by atoms with Gasteiger partial charge in [-0.2, -0.15) is 0 Å². The Bertz CT molecular complexity index is 573. The largest absolute Gasteiger partial charge is 0.370 e. The van der Waals surface area contributed by atoms with Gasteiger partial charge in [0.25, 0.3) is 0 Å². The van der Waals surface area contributed by atoms with Crippen LogP contribution in [0.3, 0.4) is 0 Å². The normalized spacial score (nSPS) is 15.2. The van der Waals surface area contributed by atoms with Crippen LogP contribution in [-0.4, -0.2) is 11.5 Å². The van der Waals surface area contributed by atoms with Gasteiger partial charge in [0, 0.05) is 11.9 Å². The molecule has 0 fully saturated rings. The fourth-order valence-corrected chi connectivity index (χ4v) is 2.66. The molecule has 2 nitrogen and oxygen atoms in total. The van der Waals surface area contributed by atoms with E-state index in [0.29, 0.717) is 0 Å². The van der Waals surface area contributed by atoms with Gasteiger partial charge in [0.1, 0.15) is 5.82 Å². The van der Waals surface area contributed by atoms with E-state index in [9.17, 15) is 0 Å². The summed E-state index contributed by atoms with van der Waals surface area (Å²) in [7, 11) is 0. The number of aromatic nitrogens is 1. The molecule has 0 saturated carbocycles. The molecule has 1 aliphatic heterocycles. The number of anilines is 1. The first-order valence-electron chi connectivity index (χ1n) is 6.39. The highest BCUT2D eigenvalue weighted by Gasteiger charge is 2.11. The Morgan fingerprint density at radius 3 is 2.88 bits per heavy atom. The lowest BCUT2D eigenvalue weighted by Gasteiger charge is -2.10. The maximum absolute atomic E-state index is 4.79. The third-order valence-corrected chi connectivity index (χ3v) is 3.53. The molecule has 0 saturated heterocycles. The summed E-state index contributed by atoms with van der Waals surface area (Å²) >= 11 is 0. The molecule has 3 rings (SSSR count). The Balaban J connectivity index is 2.25. The van der Waals surface area contributed by atoms with Crippen LogP contribution in [-0.2, 0) is 6.42 Å². The van der Waals surface area contributed by atoms with Crippen LogP contribution in [0, 0.1) is 13.8 Å². The van der Waals surface area contributed by atoms with E-state index in [1.807, 2.05) is 0 Å². The lowest BCUT2D eigenvalue weighted by atomic mass is 10.0. The van der Waals surface area contributed by atoms with E-state index in [1.165, 1.54) is 34.9 Å². The molecule has 0 radical (unpaired) electrons. The van der Waals surface area contributed by atoms with Crippen molar-refractivity contribution in [2.75, 3.05) is 11.9 Å². The maximum Gasteiger partial charge on any atom is 0.129 e. The first-order chi connectivity index (χ1) is 8.24. The highest BCUT2D eigenvalue weighted by molar-refractivity contribution is 5.85. The molecule has 1 N–H and O–H groups in total. The summed E-state index contributed by atoms with van der Waals surface area (Å²) < 4.78 is 0. The zero-order valence-corrected chi connectivity index (χ0v) is 10.5. The van der Waals surface area contributed by atoms with E-state index in [-0.39, 0.29) is 0 Å². The minimum absolute atomic E-state index is 1.05. The molecule has 2 heterocycles. The zero-order chi connectivity index (χ0) is 11.8. The van der Waals surface area contributed by atoms with Crippen LogP contribution < -0.4 is 5.32 Å². The predicted octanol–water partition coefficient (Wildman–Crippen LogP) is 3.60. The Labute approximate surface area is 102 Å². The number of aryl methyl sites for hydroxylation is 3. The lowest BCUT2D eigenvalue weighted by molar-refractivity contribution is 0.786. The van der Waals surface area contributed by atoms with Gasteiger partial charge in [-0.05, 0) is 61.9 Å². The summed E-state index contributed by atoms with van der Waals surface area (Å²) in [6.07, 6.45) is 3.65. The molecule has 2 heteroatoms. The van der Waals surface area contributed by atoms with Gasteiger partial charge in [0.2, 0.25) is 0 Å². The molecule has 0 unspecified atom stereocenters. The molecule has 0 bridgehead atoms. The standard InChI is InChI=1S/C15H18N2/c1-10-7-11(2)13-9-12-5-3-4-6-16-15(12)17-14(13)8-10/h7-9H,3-6H2,1-2H3,(H,16,17). The van der Waals surface area contributed by atoms with Gasteiger partial charge in [-0.25, -0.2) is 4.98 Å². The third-order valence-electron chi connectivity index (χ3n) is 3.53. The van der Waals surface area contributed by atoms with Crippen molar-refractivity contribution in [2.24, 2.45) is 0 Å². The fourth-order valence-electron chi connectivity index (χ4n) is 2.66. The molecule has 88 valence electrons. The average Bonchev–Trinajstić information content (AvgIpc) is 2.51. The van der Waals surface area contributed by atoms with Gasteiger partial charge in [0.05, 0.1) is 5.52 Å². The Hall–Kier alpha value is -1.57. The fraction of sp³-hybridized carbons (Fsp3) is 0.400. The second-order valence-corrected chi connectivity index (χ2v) is 5.03. The molecule has 0 aliphatic carbocycles. The molecule has 1 aromatic heterocycles. The quantitative estimate of drug-likeness (QED) is 0.742. The van der Waals surface area contributed by atoms with Crippen molar-refractivity contribution in [3.05, 3.63) is 34.9 Å². The first kappa shape index (κ1) is 10.6. The third kappa shape index (κ3) is 1.88. The van der Waals surface area contributed by atoms with Gasteiger partial charge < -0.3 is 5.32 Å². The monoisotopic (exact) mass is 226 g/mol. The van der Waals surface area contributed by atoms with Crippen LogP contribution in [0.25, 0.3) is 10.9 Å². The maximum atomic E-state index is 4.79. The van der Waals surface area contributed by atoms with E-state index in [0.717, 1.165) is 24.3 Å². The van der Waals surface area contributed by atoms with Gasteiger partial charge in [0.15, 0.2) is 0 Å². The SMILES string of the molecule is Cc1cc(C)c2cc3c(nc2c1)NCCCC3. The van der Waals surface area contributed by atoms with E-state index >= 15 is 0 Å². The molecular weight excluding hydrogens is 208 g/mol. The number of fused-ring (bicyclic) bond motifs is 2. The van der Waals surface area contributed by atoms with Crippen molar-refractivity contribution in [1.82, 2.24) is 4.98 Å². The second-order valence-electron chi connectivity index (χ2n) is 5.03. The van der Waals surface area contributed by atoms with E-state index < -0.39 is 0 Å². The number of rotatable bonds is 0. The molecule has 1 aromatic carbocycles. The summed E-state index contributed by atoms with van der Waals surface area (Å²) in [6, 6.07) is 6.74. The molecule has 0 amide bonds. The Kier molecular flexibility index (Phi) is 2.50. The Morgan fingerprint density at radius 1 is 1.12 bits per heavy atom. The number of benzene rings is 1. The summed E-state index contributed by atoms with van der Waals surface area (Å²) in [5.74, 6) is 1.10. The summed E-state index contributed by atoms with van der Waals surface area (Å²) in [5.41, 5.74) is 5.12. The highest BCUT2D eigenvalue weighted by atomic mass is 15.0. The zero-order valence-electron chi connectivity index (χ0n) is 10.5. The van der Waals surface area contributed by atoms with Crippen molar-refractivity contribution in [2.45, 2.75) is 33.1 Å².